The highest BCUT2D eigenvalue weighted by atomic mass is 19.4. The number of piperidine rings is 1. The van der Waals surface area contributed by atoms with Crippen LogP contribution >= 0.6 is 0 Å². The molecule has 2 aromatic rings. The van der Waals surface area contributed by atoms with Gasteiger partial charge in [-0.1, -0.05) is 24.3 Å². The van der Waals surface area contributed by atoms with Gasteiger partial charge in [-0.05, 0) is 73.5 Å². The summed E-state index contributed by atoms with van der Waals surface area (Å²) in [5, 5.41) is 0. The van der Waals surface area contributed by atoms with Crippen molar-refractivity contribution in [2.75, 3.05) is 13.1 Å². The van der Waals surface area contributed by atoms with Gasteiger partial charge < -0.3 is 0 Å². The molecule has 1 atom stereocenters. The molecule has 0 saturated carbocycles. The van der Waals surface area contributed by atoms with Crippen molar-refractivity contribution in [3.8, 4) is 0 Å². The maximum absolute atomic E-state index is 12.7. The monoisotopic (exact) mass is 415 g/mol. The predicted octanol–water partition coefficient (Wildman–Crippen LogP) is 6.57. The van der Waals surface area contributed by atoms with Crippen LogP contribution in [-0.4, -0.2) is 18.0 Å². The molecule has 0 amide bonds. The van der Waals surface area contributed by atoms with Gasteiger partial charge in [0, 0.05) is 13.1 Å². The van der Waals surface area contributed by atoms with E-state index in [0.717, 1.165) is 74.2 Å². The molecule has 0 spiro atoms. The number of alkyl halides is 6. The van der Waals surface area contributed by atoms with Crippen LogP contribution in [0.1, 0.15) is 41.5 Å². The Hall–Kier alpha value is -2.02. The third kappa shape index (κ3) is 6.23. The molecule has 1 aliphatic rings. The topological polar surface area (TPSA) is 3.24 Å². The van der Waals surface area contributed by atoms with Crippen LogP contribution in [0.3, 0.4) is 0 Å². The minimum absolute atomic E-state index is 0.431. The van der Waals surface area contributed by atoms with Gasteiger partial charge in [0.05, 0.1) is 11.1 Å². The van der Waals surface area contributed by atoms with E-state index in [2.05, 4.69) is 4.90 Å². The van der Waals surface area contributed by atoms with Gasteiger partial charge in [-0.3, -0.25) is 4.90 Å². The lowest BCUT2D eigenvalue weighted by molar-refractivity contribution is -0.138. The van der Waals surface area contributed by atoms with Crippen molar-refractivity contribution < 1.29 is 26.3 Å². The highest BCUT2D eigenvalue weighted by molar-refractivity contribution is 5.25. The van der Waals surface area contributed by atoms with E-state index in [1.807, 2.05) is 0 Å². The van der Waals surface area contributed by atoms with Crippen molar-refractivity contribution in [1.82, 2.24) is 4.90 Å². The first-order valence-corrected chi connectivity index (χ1v) is 9.66. The normalized spacial score (nSPS) is 18.8. The maximum atomic E-state index is 12.7. The Kier molecular flexibility index (Phi) is 6.56. The second kappa shape index (κ2) is 8.78. The number of aryl methyl sites for hydroxylation is 1. The van der Waals surface area contributed by atoms with Crippen LogP contribution in [0.25, 0.3) is 0 Å². The minimum Gasteiger partial charge on any atom is -0.299 e. The molecule has 1 saturated heterocycles. The van der Waals surface area contributed by atoms with Crippen LogP contribution in [0.4, 0.5) is 26.3 Å². The number of rotatable bonds is 5. The molecule has 1 fully saturated rings. The molecule has 1 nitrogen and oxygen atoms in total. The SMILES string of the molecule is FC(F)(F)c1ccc(CCC2CCCN(Cc3ccc(C(F)(F)F)cc3)C2)cc1. The highest BCUT2D eigenvalue weighted by Gasteiger charge is 2.31. The number of nitrogens with zero attached hydrogens (tertiary/aromatic N) is 1. The molecule has 0 radical (unpaired) electrons. The lowest BCUT2D eigenvalue weighted by Gasteiger charge is -2.33. The van der Waals surface area contributed by atoms with Crippen molar-refractivity contribution in [1.29, 1.82) is 0 Å². The van der Waals surface area contributed by atoms with Gasteiger partial charge in [-0.15, -0.1) is 0 Å². The molecular formula is C22H23F6N. The summed E-state index contributed by atoms with van der Waals surface area (Å²) in [7, 11) is 0. The number of likely N-dealkylation sites (tertiary alicyclic amines) is 1. The first-order valence-electron chi connectivity index (χ1n) is 9.66. The zero-order chi connectivity index (χ0) is 21.1. The Morgan fingerprint density at radius 1 is 0.759 bits per heavy atom. The molecule has 7 heteroatoms. The highest BCUT2D eigenvalue weighted by Crippen LogP contribution is 2.31. The summed E-state index contributed by atoms with van der Waals surface area (Å²) in [5.41, 5.74) is 0.454. The Morgan fingerprint density at radius 3 is 1.79 bits per heavy atom. The zero-order valence-corrected chi connectivity index (χ0v) is 15.9. The van der Waals surface area contributed by atoms with Gasteiger partial charge >= 0.3 is 12.4 Å². The first kappa shape index (κ1) is 21.7. The molecule has 3 rings (SSSR count). The summed E-state index contributed by atoms with van der Waals surface area (Å²) in [6.07, 6.45) is -4.97. The summed E-state index contributed by atoms with van der Waals surface area (Å²) < 4.78 is 75.9. The van der Waals surface area contributed by atoms with Crippen LogP contribution < -0.4 is 0 Å². The number of benzene rings is 2. The van der Waals surface area contributed by atoms with Gasteiger partial charge in [0.15, 0.2) is 0 Å². The smallest absolute Gasteiger partial charge is 0.299 e. The van der Waals surface area contributed by atoms with Crippen molar-refractivity contribution in [2.45, 2.75) is 44.6 Å². The Bertz CT molecular complexity index is 777. The van der Waals surface area contributed by atoms with Crippen LogP contribution in [0.15, 0.2) is 48.5 Å². The molecule has 0 aliphatic carbocycles. The maximum Gasteiger partial charge on any atom is 0.416 e. The van der Waals surface area contributed by atoms with Crippen molar-refractivity contribution in [3.05, 3.63) is 70.8 Å². The fourth-order valence-electron chi connectivity index (χ4n) is 3.82. The third-order valence-corrected chi connectivity index (χ3v) is 5.41. The van der Waals surface area contributed by atoms with Gasteiger partial charge in [0.2, 0.25) is 0 Å². The lowest BCUT2D eigenvalue weighted by atomic mass is 9.91. The number of hydrogen-bond donors (Lipinski definition) is 0. The van der Waals surface area contributed by atoms with E-state index in [1.54, 1.807) is 0 Å². The van der Waals surface area contributed by atoms with E-state index >= 15 is 0 Å². The molecule has 2 aromatic carbocycles. The van der Waals surface area contributed by atoms with E-state index in [-0.39, 0.29) is 0 Å². The summed E-state index contributed by atoms with van der Waals surface area (Å²) >= 11 is 0. The second-order valence-electron chi connectivity index (χ2n) is 7.67. The Labute approximate surface area is 166 Å². The van der Waals surface area contributed by atoms with Crippen LogP contribution in [-0.2, 0) is 25.3 Å². The largest absolute Gasteiger partial charge is 0.416 e. The molecule has 0 N–H and O–H groups in total. The van der Waals surface area contributed by atoms with Gasteiger partial charge in [-0.25, -0.2) is 0 Å². The average Bonchev–Trinajstić information content (AvgIpc) is 2.66. The zero-order valence-electron chi connectivity index (χ0n) is 15.9. The second-order valence-corrected chi connectivity index (χ2v) is 7.67. The van der Waals surface area contributed by atoms with Gasteiger partial charge in [0.25, 0.3) is 0 Å². The van der Waals surface area contributed by atoms with Crippen molar-refractivity contribution in [3.63, 3.8) is 0 Å². The van der Waals surface area contributed by atoms with Gasteiger partial charge in [0.1, 0.15) is 0 Å². The fraction of sp³-hybridized carbons (Fsp3) is 0.455. The molecule has 1 unspecified atom stereocenters. The predicted molar refractivity (Wildman–Crippen MR) is 99.2 cm³/mol. The van der Waals surface area contributed by atoms with Gasteiger partial charge in [-0.2, -0.15) is 26.3 Å². The number of halogens is 6. The molecular weight excluding hydrogens is 392 g/mol. The fourth-order valence-corrected chi connectivity index (χ4v) is 3.82. The average molecular weight is 415 g/mol. The summed E-state index contributed by atoms with van der Waals surface area (Å²) in [6.45, 7) is 2.36. The van der Waals surface area contributed by atoms with E-state index in [9.17, 15) is 26.3 Å². The van der Waals surface area contributed by atoms with Crippen molar-refractivity contribution >= 4 is 0 Å². The Balaban J connectivity index is 1.50. The van der Waals surface area contributed by atoms with E-state index in [0.29, 0.717) is 12.5 Å². The Morgan fingerprint density at radius 2 is 1.28 bits per heavy atom. The standard InChI is InChI=1S/C22H23F6N/c23-21(24,25)19-9-5-16(6-10-19)3-4-17-2-1-13-29(14-17)15-18-7-11-20(12-8-18)22(26,27)28/h5-12,17H,1-4,13-15H2. The third-order valence-electron chi connectivity index (χ3n) is 5.41. The quantitative estimate of drug-likeness (QED) is 0.500. The molecule has 29 heavy (non-hydrogen) atoms. The molecule has 1 heterocycles. The van der Waals surface area contributed by atoms with E-state index < -0.39 is 23.5 Å². The van der Waals surface area contributed by atoms with Crippen molar-refractivity contribution in [2.24, 2.45) is 5.92 Å². The molecule has 0 bridgehead atoms. The molecule has 1 aliphatic heterocycles. The van der Waals surface area contributed by atoms with E-state index in [1.165, 1.54) is 24.3 Å². The number of hydrogen-bond acceptors (Lipinski definition) is 1. The van der Waals surface area contributed by atoms with Crippen LogP contribution in [0, 0.1) is 5.92 Å². The molecule has 158 valence electrons. The van der Waals surface area contributed by atoms with Crippen LogP contribution in [0.2, 0.25) is 0 Å². The summed E-state index contributed by atoms with van der Waals surface area (Å²) in [5.74, 6) is 0.431. The van der Waals surface area contributed by atoms with E-state index in [4.69, 9.17) is 0 Å². The lowest BCUT2D eigenvalue weighted by Crippen LogP contribution is -2.35. The summed E-state index contributed by atoms with van der Waals surface area (Å²) in [4.78, 5) is 2.24. The minimum atomic E-state index is -4.33. The molecule has 0 aromatic heterocycles. The van der Waals surface area contributed by atoms with Crippen LogP contribution in [0.5, 0.6) is 0 Å². The summed E-state index contributed by atoms with van der Waals surface area (Å²) in [6, 6.07) is 10.6. The first-order chi connectivity index (χ1) is 13.6.